The second kappa shape index (κ2) is 3.54. The third kappa shape index (κ3) is 1.78. The molecule has 1 N–H and O–H groups in total. The monoisotopic (exact) mass is 305 g/mol. The Morgan fingerprint density at radius 2 is 2.31 bits per heavy atom. The van der Waals surface area contributed by atoms with Gasteiger partial charge in [-0.05, 0) is 22.6 Å². The summed E-state index contributed by atoms with van der Waals surface area (Å²) in [4.78, 5) is 14.2. The van der Waals surface area contributed by atoms with Gasteiger partial charge in [-0.3, -0.25) is 4.79 Å². The Morgan fingerprint density at radius 1 is 1.46 bits per heavy atom. The SMILES string of the molecule is O=c1cc[nH]cc1-c1nnc(I)s1. The number of hydrogen-bond donors (Lipinski definition) is 1. The summed E-state index contributed by atoms with van der Waals surface area (Å²) in [5.41, 5.74) is 0.536. The quantitative estimate of drug-likeness (QED) is 0.812. The first-order chi connectivity index (χ1) is 6.27. The van der Waals surface area contributed by atoms with Gasteiger partial charge in [0.1, 0.15) is 0 Å². The lowest BCUT2D eigenvalue weighted by Gasteiger charge is -1.90. The molecular formula is C7H4IN3OS. The second-order valence-corrected chi connectivity index (χ2v) is 5.01. The number of aromatic nitrogens is 3. The predicted molar refractivity (Wildman–Crippen MR) is 58.7 cm³/mol. The number of pyridine rings is 1. The maximum Gasteiger partial charge on any atom is 0.191 e. The highest BCUT2D eigenvalue weighted by molar-refractivity contribution is 14.1. The van der Waals surface area contributed by atoms with E-state index in [0.29, 0.717) is 10.6 Å². The van der Waals surface area contributed by atoms with E-state index in [0.717, 1.165) is 3.01 Å². The largest absolute Gasteiger partial charge is 0.367 e. The van der Waals surface area contributed by atoms with Gasteiger partial charge < -0.3 is 4.98 Å². The molecule has 0 saturated carbocycles. The number of nitrogens with zero attached hydrogens (tertiary/aromatic N) is 2. The lowest BCUT2D eigenvalue weighted by molar-refractivity contribution is 1.07. The van der Waals surface area contributed by atoms with E-state index in [9.17, 15) is 4.79 Å². The Balaban J connectivity index is 2.59. The van der Waals surface area contributed by atoms with E-state index < -0.39 is 0 Å². The molecule has 0 aromatic carbocycles. The molecule has 0 radical (unpaired) electrons. The molecule has 0 bridgehead atoms. The van der Waals surface area contributed by atoms with Gasteiger partial charge in [-0.25, -0.2) is 0 Å². The molecule has 2 aromatic rings. The van der Waals surface area contributed by atoms with Crippen molar-refractivity contribution < 1.29 is 0 Å². The summed E-state index contributed by atoms with van der Waals surface area (Å²) in [7, 11) is 0. The lowest BCUT2D eigenvalue weighted by Crippen LogP contribution is -2.01. The molecule has 66 valence electrons. The van der Waals surface area contributed by atoms with Crippen LogP contribution in [-0.4, -0.2) is 15.2 Å². The van der Waals surface area contributed by atoms with Crippen LogP contribution in [0.5, 0.6) is 0 Å². The Bertz CT molecular complexity index is 478. The van der Waals surface area contributed by atoms with E-state index in [1.54, 1.807) is 12.4 Å². The van der Waals surface area contributed by atoms with Crippen molar-refractivity contribution >= 4 is 33.9 Å². The van der Waals surface area contributed by atoms with Crippen molar-refractivity contribution in [3.8, 4) is 10.6 Å². The first-order valence-corrected chi connectivity index (χ1v) is 5.33. The molecule has 0 spiro atoms. The van der Waals surface area contributed by atoms with Gasteiger partial charge in [-0.1, -0.05) is 11.3 Å². The zero-order valence-corrected chi connectivity index (χ0v) is 9.29. The summed E-state index contributed by atoms with van der Waals surface area (Å²) < 4.78 is 0.829. The highest BCUT2D eigenvalue weighted by Gasteiger charge is 2.07. The molecule has 13 heavy (non-hydrogen) atoms. The smallest absolute Gasteiger partial charge is 0.191 e. The Kier molecular flexibility index (Phi) is 2.40. The Labute approximate surface area is 91.2 Å². The summed E-state index contributed by atoms with van der Waals surface area (Å²) >= 11 is 3.47. The van der Waals surface area contributed by atoms with Crippen molar-refractivity contribution in [1.29, 1.82) is 0 Å². The van der Waals surface area contributed by atoms with Gasteiger partial charge in [-0.15, -0.1) is 10.2 Å². The molecule has 2 heterocycles. The van der Waals surface area contributed by atoms with Crippen molar-refractivity contribution in [2.45, 2.75) is 0 Å². The lowest BCUT2D eigenvalue weighted by atomic mass is 10.3. The molecule has 2 aromatic heterocycles. The topological polar surface area (TPSA) is 58.6 Å². The van der Waals surface area contributed by atoms with Crippen LogP contribution in [0.15, 0.2) is 23.3 Å². The van der Waals surface area contributed by atoms with E-state index in [1.165, 1.54) is 17.4 Å². The standard InChI is InChI=1S/C7H4IN3OS/c8-7-11-10-6(13-7)4-3-9-2-1-5(4)12/h1-3H,(H,9,12). The summed E-state index contributed by atoms with van der Waals surface area (Å²) in [6.07, 6.45) is 3.23. The minimum atomic E-state index is -0.0358. The van der Waals surface area contributed by atoms with Crippen LogP contribution >= 0.6 is 33.9 Å². The number of halogens is 1. The zero-order valence-electron chi connectivity index (χ0n) is 6.32. The molecule has 2 rings (SSSR count). The van der Waals surface area contributed by atoms with Crippen LogP contribution in [0.25, 0.3) is 10.6 Å². The zero-order chi connectivity index (χ0) is 9.26. The van der Waals surface area contributed by atoms with Crippen LogP contribution < -0.4 is 5.43 Å². The number of aromatic amines is 1. The minimum absolute atomic E-state index is 0.0358. The molecular weight excluding hydrogens is 301 g/mol. The van der Waals surface area contributed by atoms with Crippen LogP contribution in [0.4, 0.5) is 0 Å². The molecule has 0 aliphatic carbocycles. The molecule has 0 saturated heterocycles. The number of H-pyrrole nitrogens is 1. The third-order valence-electron chi connectivity index (χ3n) is 1.45. The molecule has 0 aliphatic heterocycles. The van der Waals surface area contributed by atoms with Crippen molar-refractivity contribution in [3.63, 3.8) is 0 Å². The van der Waals surface area contributed by atoms with Gasteiger partial charge in [0.2, 0.25) is 0 Å². The van der Waals surface area contributed by atoms with E-state index in [2.05, 4.69) is 37.8 Å². The molecule has 0 atom stereocenters. The fourth-order valence-corrected chi connectivity index (χ4v) is 2.22. The van der Waals surface area contributed by atoms with Crippen LogP contribution in [0, 0.1) is 3.01 Å². The van der Waals surface area contributed by atoms with Crippen LogP contribution in [-0.2, 0) is 0 Å². The van der Waals surface area contributed by atoms with Gasteiger partial charge in [0.25, 0.3) is 0 Å². The molecule has 4 nitrogen and oxygen atoms in total. The van der Waals surface area contributed by atoms with Gasteiger partial charge in [0, 0.05) is 18.5 Å². The van der Waals surface area contributed by atoms with Crippen LogP contribution in [0.1, 0.15) is 0 Å². The van der Waals surface area contributed by atoms with E-state index in [4.69, 9.17) is 0 Å². The highest BCUT2D eigenvalue weighted by Crippen LogP contribution is 2.20. The fourth-order valence-electron chi connectivity index (χ4n) is 0.897. The molecule has 0 aliphatic rings. The second-order valence-electron chi connectivity index (χ2n) is 2.28. The Hall–Kier alpha value is -0.760. The summed E-state index contributed by atoms with van der Waals surface area (Å²) in [6.45, 7) is 0. The average molecular weight is 305 g/mol. The third-order valence-corrected chi connectivity index (χ3v) is 3.08. The fraction of sp³-hybridized carbons (Fsp3) is 0. The van der Waals surface area contributed by atoms with Crippen LogP contribution in [0.3, 0.4) is 0 Å². The minimum Gasteiger partial charge on any atom is -0.367 e. The van der Waals surface area contributed by atoms with E-state index >= 15 is 0 Å². The first-order valence-electron chi connectivity index (χ1n) is 3.44. The van der Waals surface area contributed by atoms with Gasteiger partial charge in [-0.2, -0.15) is 0 Å². The predicted octanol–water partition coefficient (Wildman–Crippen LogP) is 1.50. The normalized spacial score (nSPS) is 10.2. The van der Waals surface area contributed by atoms with Crippen molar-refractivity contribution in [3.05, 3.63) is 31.7 Å². The number of rotatable bonds is 1. The van der Waals surface area contributed by atoms with Crippen molar-refractivity contribution in [2.75, 3.05) is 0 Å². The van der Waals surface area contributed by atoms with Gasteiger partial charge in [0.05, 0.1) is 5.56 Å². The maximum absolute atomic E-state index is 11.3. The number of hydrogen-bond acceptors (Lipinski definition) is 4. The molecule has 0 fully saturated rings. The highest BCUT2D eigenvalue weighted by atomic mass is 127. The van der Waals surface area contributed by atoms with E-state index in [1.807, 2.05) is 0 Å². The van der Waals surface area contributed by atoms with Gasteiger partial charge in [0.15, 0.2) is 13.5 Å². The summed E-state index contributed by atoms with van der Waals surface area (Å²) in [5, 5.41) is 8.38. The van der Waals surface area contributed by atoms with Crippen LogP contribution in [0.2, 0.25) is 0 Å². The summed E-state index contributed by atoms with van der Waals surface area (Å²) in [5.74, 6) is 0. The molecule has 0 unspecified atom stereocenters. The van der Waals surface area contributed by atoms with E-state index in [-0.39, 0.29) is 5.43 Å². The number of nitrogens with one attached hydrogen (secondary N) is 1. The Morgan fingerprint density at radius 3 is 2.92 bits per heavy atom. The van der Waals surface area contributed by atoms with Gasteiger partial charge >= 0.3 is 0 Å². The molecule has 6 heteroatoms. The summed E-state index contributed by atoms with van der Waals surface area (Å²) in [6, 6.07) is 1.48. The average Bonchev–Trinajstić information content (AvgIpc) is 2.53. The first kappa shape index (κ1) is 8.82. The molecule has 0 amide bonds. The maximum atomic E-state index is 11.3. The van der Waals surface area contributed by atoms with Crippen molar-refractivity contribution in [2.24, 2.45) is 0 Å². The van der Waals surface area contributed by atoms with Crippen molar-refractivity contribution in [1.82, 2.24) is 15.2 Å².